The summed E-state index contributed by atoms with van der Waals surface area (Å²) in [5, 5.41) is 17.6. The number of ether oxygens (including phenoxy) is 1. The van der Waals surface area contributed by atoms with E-state index in [1.165, 1.54) is 14.0 Å². The minimum Gasteiger partial charge on any atom is -0.513 e. The van der Waals surface area contributed by atoms with Crippen molar-refractivity contribution in [3.8, 4) is 0 Å². The number of carboxylic acids is 1. The van der Waals surface area contributed by atoms with E-state index in [2.05, 4.69) is 0 Å². The zero-order valence-electron chi connectivity index (χ0n) is 11.6. The quantitative estimate of drug-likeness (QED) is 0.299. The standard InChI is InChI=1S/C11H20N2O6/c1-7(13(5)8(6-14)9(15)16)19-12-10(17)18-11(2,3)4/h6-7,14H,1-5H3,(H,12,17)(H,15,16)/b8-6-. The maximum Gasteiger partial charge on any atom is 0.431 e. The van der Waals surface area contributed by atoms with Gasteiger partial charge in [0.15, 0.2) is 11.9 Å². The maximum atomic E-state index is 11.3. The second kappa shape index (κ2) is 6.83. The minimum absolute atomic E-state index is 0.376. The van der Waals surface area contributed by atoms with E-state index in [0.29, 0.717) is 6.26 Å². The number of hydroxylamine groups is 1. The molecule has 0 bridgehead atoms. The molecule has 3 N–H and O–H groups in total. The molecule has 0 radical (unpaired) electrons. The predicted molar refractivity (Wildman–Crippen MR) is 66.0 cm³/mol. The highest BCUT2D eigenvalue weighted by atomic mass is 16.7. The van der Waals surface area contributed by atoms with Gasteiger partial charge in [-0.25, -0.2) is 14.4 Å². The molecule has 0 aliphatic heterocycles. The summed E-state index contributed by atoms with van der Waals surface area (Å²) in [5.41, 5.74) is 0.990. The van der Waals surface area contributed by atoms with Gasteiger partial charge in [-0.3, -0.25) is 0 Å². The molecular weight excluding hydrogens is 256 g/mol. The van der Waals surface area contributed by atoms with Crippen molar-refractivity contribution in [1.82, 2.24) is 10.4 Å². The van der Waals surface area contributed by atoms with Crippen LogP contribution in [0.5, 0.6) is 0 Å². The number of carbonyl (C=O) groups is 2. The summed E-state index contributed by atoms with van der Waals surface area (Å²) in [7, 11) is 1.39. The molecule has 0 saturated heterocycles. The second-order valence-electron chi connectivity index (χ2n) is 4.75. The number of rotatable bonds is 5. The monoisotopic (exact) mass is 276 g/mol. The van der Waals surface area contributed by atoms with Gasteiger partial charge in [0.1, 0.15) is 11.9 Å². The first-order valence-corrected chi connectivity index (χ1v) is 5.53. The molecule has 19 heavy (non-hydrogen) atoms. The fraction of sp³-hybridized carbons (Fsp3) is 0.636. The Bertz CT molecular complexity index is 361. The molecule has 1 amide bonds. The van der Waals surface area contributed by atoms with Crippen molar-refractivity contribution in [1.29, 1.82) is 0 Å². The number of amides is 1. The Hall–Kier alpha value is -1.96. The molecule has 0 aliphatic carbocycles. The van der Waals surface area contributed by atoms with Crippen LogP contribution in [0, 0.1) is 0 Å². The van der Waals surface area contributed by atoms with Crippen LogP contribution in [-0.4, -0.2) is 46.1 Å². The topological polar surface area (TPSA) is 108 Å². The number of carboxylic acid groups (broad SMARTS) is 1. The molecule has 0 aliphatic rings. The van der Waals surface area contributed by atoms with Gasteiger partial charge in [0.05, 0.1) is 0 Å². The number of nitrogens with one attached hydrogen (secondary N) is 1. The van der Waals surface area contributed by atoms with Crippen LogP contribution in [-0.2, 0) is 14.4 Å². The van der Waals surface area contributed by atoms with Crippen molar-refractivity contribution in [3.05, 3.63) is 12.0 Å². The smallest absolute Gasteiger partial charge is 0.431 e. The number of hydrogen-bond donors (Lipinski definition) is 3. The molecule has 8 nitrogen and oxygen atoms in total. The SMILES string of the molecule is CC(ONC(=O)OC(C)(C)C)N(C)/C(=C\O)C(=O)O. The molecular formula is C11H20N2O6. The average molecular weight is 276 g/mol. The molecule has 0 aromatic rings. The van der Waals surface area contributed by atoms with Crippen LogP contribution in [0.1, 0.15) is 27.7 Å². The lowest BCUT2D eigenvalue weighted by Crippen LogP contribution is -2.41. The Balaban J connectivity index is 4.36. The molecule has 110 valence electrons. The van der Waals surface area contributed by atoms with Gasteiger partial charge in [-0.15, -0.1) is 0 Å². The molecule has 0 aromatic carbocycles. The Morgan fingerprint density at radius 3 is 2.26 bits per heavy atom. The van der Waals surface area contributed by atoms with Crippen molar-refractivity contribution >= 4 is 12.1 Å². The van der Waals surface area contributed by atoms with E-state index in [-0.39, 0.29) is 5.70 Å². The number of hydrogen-bond acceptors (Lipinski definition) is 6. The lowest BCUT2D eigenvalue weighted by Gasteiger charge is -2.26. The summed E-state index contributed by atoms with van der Waals surface area (Å²) in [5.74, 6) is -1.32. The van der Waals surface area contributed by atoms with E-state index in [1.54, 1.807) is 20.8 Å². The van der Waals surface area contributed by atoms with E-state index in [1.807, 2.05) is 5.48 Å². The van der Waals surface area contributed by atoms with Crippen molar-refractivity contribution in [3.63, 3.8) is 0 Å². The van der Waals surface area contributed by atoms with E-state index in [4.69, 9.17) is 19.8 Å². The first-order valence-electron chi connectivity index (χ1n) is 5.53. The van der Waals surface area contributed by atoms with Crippen molar-refractivity contribution in [2.45, 2.75) is 39.5 Å². The van der Waals surface area contributed by atoms with Gasteiger partial charge in [-0.1, -0.05) is 0 Å². The van der Waals surface area contributed by atoms with Gasteiger partial charge in [-0.05, 0) is 27.7 Å². The number of aliphatic hydroxyl groups is 1. The van der Waals surface area contributed by atoms with Crippen LogP contribution in [0.15, 0.2) is 12.0 Å². The third-order valence-electron chi connectivity index (χ3n) is 1.98. The summed E-state index contributed by atoms with van der Waals surface area (Å²) >= 11 is 0. The summed E-state index contributed by atoms with van der Waals surface area (Å²) in [6.07, 6.45) is -1.17. The van der Waals surface area contributed by atoms with Crippen LogP contribution >= 0.6 is 0 Å². The van der Waals surface area contributed by atoms with Gasteiger partial charge in [-0.2, -0.15) is 5.48 Å². The predicted octanol–water partition coefficient (Wildman–Crippen LogP) is 1.20. The Morgan fingerprint density at radius 2 is 1.89 bits per heavy atom. The third-order valence-corrected chi connectivity index (χ3v) is 1.98. The van der Waals surface area contributed by atoms with Crippen LogP contribution < -0.4 is 5.48 Å². The number of nitrogens with zero attached hydrogens (tertiary/aromatic N) is 1. The number of aliphatic hydroxyl groups excluding tert-OH is 1. The molecule has 0 saturated carbocycles. The largest absolute Gasteiger partial charge is 0.513 e. The number of likely N-dealkylation sites (N-methyl/N-ethyl adjacent to an activating group) is 1. The second-order valence-corrected chi connectivity index (χ2v) is 4.75. The third kappa shape index (κ3) is 6.51. The van der Waals surface area contributed by atoms with Gasteiger partial charge >= 0.3 is 12.1 Å². The first-order chi connectivity index (χ1) is 8.58. The van der Waals surface area contributed by atoms with E-state index in [9.17, 15) is 9.59 Å². The summed E-state index contributed by atoms with van der Waals surface area (Å²) in [6.45, 7) is 6.57. The van der Waals surface area contributed by atoms with Crippen LogP contribution in [0.3, 0.4) is 0 Å². The van der Waals surface area contributed by atoms with E-state index < -0.39 is 23.9 Å². The van der Waals surface area contributed by atoms with Gasteiger partial charge in [0, 0.05) is 7.05 Å². The minimum atomic E-state index is -1.32. The van der Waals surface area contributed by atoms with E-state index in [0.717, 1.165) is 4.90 Å². The highest BCUT2D eigenvalue weighted by Crippen LogP contribution is 2.09. The first kappa shape index (κ1) is 17.0. The zero-order valence-corrected chi connectivity index (χ0v) is 11.6. The Labute approximate surface area is 111 Å². The molecule has 1 atom stereocenters. The van der Waals surface area contributed by atoms with Crippen LogP contribution in [0.25, 0.3) is 0 Å². The zero-order chi connectivity index (χ0) is 15.2. The normalized spacial score (nSPS) is 13.6. The molecule has 0 fully saturated rings. The van der Waals surface area contributed by atoms with Gasteiger partial charge < -0.3 is 19.8 Å². The lowest BCUT2D eigenvalue weighted by atomic mass is 10.2. The fourth-order valence-electron chi connectivity index (χ4n) is 1.00. The average Bonchev–Trinajstić information content (AvgIpc) is 2.23. The molecule has 0 aromatic heterocycles. The molecule has 0 heterocycles. The van der Waals surface area contributed by atoms with Gasteiger partial charge in [0.25, 0.3) is 0 Å². The number of carbonyl (C=O) groups excluding carboxylic acids is 1. The highest BCUT2D eigenvalue weighted by molar-refractivity contribution is 5.85. The molecule has 1 unspecified atom stereocenters. The number of aliphatic carboxylic acids is 1. The van der Waals surface area contributed by atoms with Crippen LogP contribution in [0.2, 0.25) is 0 Å². The van der Waals surface area contributed by atoms with Crippen molar-refractivity contribution in [2.75, 3.05) is 7.05 Å². The van der Waals surface area contributed by atoms with Crippen molar-refractivity contribution in [2.24, 2.45) is 0 Å². The Morgan fingerprint density at radius 1 is 1.37 bits per heavy atom. The maximum absolute atomic E-state index is 11.3. The van der Waals surface area contributed by atoms with Gasteiger partial charge in [0.2, 0.25) is 0 Å². The van der Waals surface area contributed by atoms with Crippen LogP contribution in [0.4, 0.5) is 4.79 Å². The van der Waals surface area contributed by atoms with E-state index >= 15 is 0 Å². The lowest BCUT2D eigenvalue weighted by molar-refractivity contribution is -0.138. The summed E-state index contributed by atoms with van der Waals surface area (Å²) < 4.78 is 4.93. The molecule has 0 spiro atoms. The molecule has 0 rings (SSSR count). The fourth-order valence-corrected chi connectivity index (χ4v) is 1.00. The Kier molecular flexibility index (Phi) is 6.13. The summed E-state index contributed by atoms with van der Waals surface area (Å²) in [4.78, 5) is 28.1. The highest BCUT2D eigenvalue weighted by Gasteiger charge is 2.21. The molecule has 8 heteroatoms. The van der Waals surface area contributed by atoms with Crippen molar-refractivity contribution < 1.29 is 29.4 Å². The summed E-state index contributed by atoms with van der Waals surface area (Å²) in [6, 6.07) is 0.